The van der Waals surface area contributed by atoms with Gasteiger partial charge in [0, 0.05) is 27.2 Å². The van der Waals surface area contributed by atoms with Gasteiger partial charge in [-0.25, -0.2) is 0 Å². The van der Waals surface area contributed by atoms with Crippen LogP contribution in [0.15, 0.2) is 35.3 Å². The molecule has 0 aliphatic rings. The van der Waals surface area contributed by atoms with E-state index in [9.17, 15) is 0 Å². The third-order valence-electron chi connectivity index (χ3n) is 3.91. The minimum absolute atomic E-state index is 0. The molecule has 0 aliphatic heterocycles. The Morgan fingerprint density at radius 3 is 2.30 bits per heavy atom. The Bertz CT molecular complexity index is 418. The van der Waals surface area contributed by atoms with Crippen molar-refractivity contribution in [1.82, 2.24) is 15.1 Å². The van der Waals surface area contributed by atoms with Crippen LogP contribution in [0.25, 0.3) is 0 Å². The monoisotopic (exact) mass is 432 g/mol. The fourth-order valence-corrected chi connectivity index (χ4v) is 2.52. The number of nitrogens with one attached hydrogen (secondary N) is 1. The van der Waals surface area contributed by atoms with E-state index in [1.165, 1.54) is 24.9 Å². The second-order valence-corrected chi connectivity index (χ2v) is 5.55. The van der Waals surface area contributed by atoms with Gasteiger partial charge in [0.1, 0.15) is 0 Å². The van der Waals surface area contributed by atoms with E-state index in [1.54, 1.807) is 0 Å². The third kappa shape index (κ3) is 9.15. The summed E-state index contributed by atoms with van der Waals surface area (Å²) in [6, 6.07) is 10.5. The van der Waals surface area contributed by atoms with Gasteiger partial charge in [0.2, 0.25) is 0 Å². The van der Waals surface area contributed by atoms with E-state index in [2.05, 4.69) is 65.3 Å². The van der Waals surface area contributed by atoms with Crippen molar-refractivity contribution < 1.29 is 0 Å². The predicted molar refractivity (Wildman–Crippen MR) is 112 cm³/mol. The fraction of sp³-hybridized carbons (Fsp3) is 0.611. The van der Waals surface area contributed by atoms with Crippen LogP contribution in [0.4, 0.5) is 0 Å². The Hall–Kier alpha value is -0.820. The molecule has 4 nitrogen and oxygen atoms in total. The van der Waals surface area contributed by atoms with Gasteiger partial charge in [-0.3, -0.25) is 4.99 Å². The van der Waals surface area contributed by atoms with Crippen LogP contribution in [0.2, 0.25) is 0 Å². The molecular weight excluding hydrogens is 399 g/mol. The van der Waals surface area contributed by atoms with Crippen LogP contribution in [0, 0.1) is 0 Å². The summed E-state index contributed by atoms with van der Waals surface area (Å²) in [5, 5.41) is 3.46. The summed E-state index contributed by atoms with van der Waals surface area (Å²) < 4.78 is 0. The van der Waals surface area contributed by atoms with Crippen molar-refractivity contribution in [2.24, 2.45) is 4.99 Å². The first-order chi connectivity index (χ1) is 10.7. The molecule has 0 fully saturated rings. The van der Waals surface area contributed by atoms with Gasteiger partial charge in [0.15, 0.2) is 5.96 Å². The molecule has 0 amide bonds. The topological polar surface area (TPSA) is 30.9 Å². The molecule has 1 rings (SSSR count). The van der Waals surface area contributed by atoms with E-state index >= 15 is 0 Å². The first-order valence-corrected chi connectivity index (χ1v) is 8.39. The highest BCUT2D eigenvalue weighted by Gasteiger charge is 2.06. The highest BCUT2D eigenvalue weighted by atomic mass is 127. The average Bonchev–Trinajstić information content (AvgIpc) is 2.55. The smallest absolute Gasteiger partial charge is 0.193 e. The zero-order chi connectivity index (χ0) is 16.2. The van der Waals surface area contributed by atoms with Gasteiger partial charge < -0.3 is 15.1 Å². The molecule has 1 aromatic rings. The molecule has 0 bridgehead atoms. The molecule has 1 N–H and O–H groups in total. The van der Waals surface area contributed by atoms with Crippen molar-refractivity contribution in [2.75, 3.05) is 40.3 Å². The number of benzene rings is 1. The predicted octanol–water partition coefficient (Wildman–Crippen LogP) is 3.43. The van der Waals surface area contributed by atoms with Gasteiger partial charge in [-0.15, -0.1) is 24.0 Å². The van der Waals surface area contributed by atoms with Crippen molar-refractivity contribution in [3.63, 3.8) is 0 Å². The molecule has 0 saturated carbocycles. The Balaban J connectivity index is 0.00000484. The SMILES string of the molecule is CCN(CC)CCCCNC(=NC)N(C)Cc1ccccc1.I. The van der Waals surface area contributed by atoms with Gasteiger partial charge in [0.25, 0.3) is 0 Å². The molecule has 0 heterocycles. The molecular formula is C18H33IN4. The quantitative estimate of drug-likeness (QED) is 0.281. The lowest BCUT2D eigenvalue weighted by Gasteiger charge is -2.22. The van der Waals surface area contributed by atoms with Crippen molar-refractivity contribution in [1.29, 1.82) is 0 Å². The molecule has 0 aromatic heterocycles. The second-order valence-electron chi connectivity index (χ2n) is 5.55. The number of hydrogen-bond acceptors (Lipinski definition) is 2. The van der Waals surface area contributed by atoms with Crippen LogP contribution in [-0.4, -0.2) is 56.0 Å². The normalized spacial score (nSPS) is 11.3. The lowest BCUT2D eigenvalue weighted by atomic mass is 10.2. The molecule has 5 heteroatoms. The van der Waals surface area contributed by atoms with Crippen molar-refractivity contribution in [3.05, 3.63) is 35.9 Å². The number of nitrogens with zero attached hydrogens (tertiary/aromatic N) is 3. The van der Waals surface area contributed by atoms with Gasteiger partial charge in [0.05, 0.1) is 0 Å². The lowest BCUT2D eigenvalue weighted by molar-refractivity contribution is 0.297. The van der Waals surface area contributed by atoms with Gasteiger partial charge >= 0.3 is 0 Å². The van der Waals surface area contributed by atoms with Gasteiger partial charge in [-0.2, -0.15) is 0 Å². The van der Waals surface area contributed by atoms with Crippen LogP contribution in [-0.2, 0) is 6.54 Å². The second kappa shape index (κ2) is 13.6. The maximum absolute atomic E-state index is 4.37. The highest BCUT2D eigenvalue weighted by Crippen LogP contribution is 2.03. The minimum Gasteiger partial charge on any atom is -0.356 e. The minimum atomic E-state index is 0. The van der Waals surface area contributed by atoms with Gasteiger partial charge in [-0.1, -0.05) is 44.2 Å². The Morgan fingerprint density at radius 2 is 1.74 bits per heavy atom. The zero-order valence-corrected chi connectivity index (χ0v) is 17.4. The largest absolute Gasteiger partial charge is 0.356 e. The van der Waals surface area contributed by atoms with E-state index < -0.39 is 0 Å². The Morgan fingerprint density at radius 1 is 1.09 bits per heavy atom. The summed E-state index contributed by atoms with van der Waals surface area (Å²) in [7, 11) is 3.93. The molecule has 0 atom stereocenters. The van der Waals surface area contributed by atoms with E-state index in [1.807, 2.05) is 13.1 Å². The standard InChI is InChI=1S/C18H32N4.HI/c1-5-22(6-2)15-11-10-14-20-18(19-3)21(4)16-17-12-8-7-9-13-17;/h7-9,12-13H,5-6,10-11,14-16H2,1-4H3,(H,19,20);1H. The van der Waals surface area contributed by atoms with Gasteiger partial charge in [-0.05, 0) is 38.0 Å². The van der Waals surface area contributed by atoms with Crippen LogP contribution < -0.4 is 5.32 Å². The Kier molecular flexibility index (Phi) is 13.1. The van der Waals surface area contributed by atoms with Crippen LogP contribution in [0.1, 0.15) is 32.3 Å². The molecule has 0 radical (unpaired) electrons. The maximum atomic E-state index is 4.37. The first kappa shape index (κ1) is 22.2. The molecule has 0 aliphatic carbocycles. The van der Waals surface area contributed by atoms with Crippen LogP contribution in [0.5, 0.6) is 0 Å². The molecule has 0 saturated heterocycles. The van der Waals surface area contributed by atoms with E-state index in [4.69, 9.17) is 0 Å². The zero-order valence-electron chi connectivity index (χ0n) is 15.1. The third-order valence-corrected chi connectivity index (χ3v) is 3.91. The number of rotatable bonds is 9. The number of halogens is 1. The summed E-state index contributed by atoms with van der Waals surface area (Å²) in [5.41, 5.74) is 1.30. The summed E-state index contributed by atoms with van der Waals surface area (Å²) in [4.78, 5) is 9.01. The van der Waals surface area contributed by atoms with Crippen LogP contribution >= 0.6 is 24.0 Å². The average molecular weight is 432 g/mol. The summed E-state index contributed by atoms with van der Waals surface area (Å²) >= 11 is 0. The summed E-state index contributed by atoms with van der Waals surface area (Å²) in [6.45, 7) is 9.78. The van der Waals surface area contributed by atoms with Crippen molar-refractivity contribution in [3.8, 4) is 0 Å². The molecule has 132 valence electrons. The lowest BCUT2D eigenvalue weighted by Crippen LogP contribution is -2.39. The summed E-state index contributed by atoms with van der Waals surface area (Å²) in [5.74, 6) is 0.965. The molecule has 1 aromatic carbocycles. The number of aliphatic imine (C=N–C) groups is 1. The molecule has 23 heavy (non-hydrogen) atoms. The number of hydrogen-bond donors (Lipinski definition) is 1. The number of unbranched alkanes of at least 4 members (excludes halogenated alkanes) is 1. The molecule has 0 spiro atoms. The van der Waals surface area contributed by atoms with Crippen molar-refractivity contribution in [2.45, 2.75) is 33.2 Å². The van der Waals surface area contributed by atoms with Crippen molar-refractivity contribution >= 4 is 29.9 Å². The summed E-state index contributed by atoms with van der Waals surface area (Å²) in [6.07, 6.45) is 2.41. The number of guanidine groups is 1. The highest BCUT2D eigenvalue weighted by molar-refractivity contribution is 14.0. The fourth-order valence-electron chi connectivity index (χ4n) is 2.52. The van der Waals surface area contributed by atoms with Crippen LogP contribution in [0.3, 0.4) is 0 Å². The Labute approximate surface area is 159 Å². The molecule has 0 unspecified atom stereocenters. The van der Waals surface area contributed by atoms with E-state index in [0.717, 1.165) is 32.1 Å². The van der Waals surface area contributed by atoms with E-state index in [-0.39, 0.29) is 24.0 Å². The first-order valence-electron chi connectivity index (χ1n) is 8.39. The van der Waals surface area contributed by atoms with E-state index in [0.29, 0.717) is 0 Å². The maximum Gasteiger partial charge on any atom is 0.193 e.